The molecule has 0 bridgehead atoms. The Kier molecular flexibility index (Phi) is 11.1. The predicted octanol–water partition coefficient (Wildman–Crippen LogP) is 7.17. The van der Waals surface area contributed by atoms with Crippen LogP contribution in [0, 0.1) is 52.8 Å². The van der Waals surface area contributed by atoms with Gasteiger partial charge in [0.2, 0.25) is 0 Å². The Balaban J connectivity index is 1.79. The van der Waals surface area contributed by atoms with E-state index in [1.54, 1.807) is 13.8 Å². The van der Waals surface area contributed by atoms with E-state index in [1.807, 2.05) is 6.92 Å². The summed E-state index contributed by atoms with van der Waals surface area (Å²) >= 11 is 0. The highest BCUT2D eigenvalue weighted by molar-refractivity contribution is 5.21. The van der Waals surface area contributed by atoms with Crippen molar-refractivity contribution in [1.82, 2.24) is 0 Å². The Morgan fingerprint density at radius 2 is 1.52 bits per heavy atom. The summed E-state index contributed by atoms with van der Waals surface area (Å²) in [5.74, 6) is 4.24. The highest BCUT2D eigenvalue weighted by atomic mass is 19.4. The molecule has 3 rings (SSSR count). The minimum absolute atomic E-state index is 0.0588. The van der Waals surface area contributed by atoms with E-state index in [1.165, 1.54) is 0 Å². The number of hydrogen-bond acceptors (Lipinski definition) is 4. The number of hydrogen-bond donors (Lipinski definition) is 4. The fourth-order valence-electron chi connectivity index (χ4n) is 8.64. The molecule has 3 aliphatic carbocycles. The molecule has 0 aromatic carbocycles. The van der Waals surface area contributed by atoms with E-state index in [0.29, 0.717) is 43.9 Å². The molecule has 0 spiro atoms. The quantitative estimate of drug-likeness (QED) is 0.164. The van der Waals surface area contributed by atoms with Crippen LogP contribution in [0.1, 0.15) is 111 Å². The molecule has 0 aromatic rings. The number of halogens is 6. The van der Waals surface area contributed by atoms with Crippen LogP contribution in [0.2, 0.25) is 0 Å². The molecule has 0 saturated heterocycles. The van der Waals surface area contributed by atoms with Crippen molar-refractivity contribution >= 4 is 0 Å². The number of aliphatic hydroxyl groups is 4. The van der Waals surface area contributed by atoms with E-state index in [-0.39, 0.29) is 35.5 Å². The molecule has 42 heavy (non-hydrogen) atoms. The first-order chi connectivity index (χ1) is 19.2. The molecule has 9 atom stereocenters. The lowest BCUT2D eigenvalue weighted by Crippen LogP contribution is -2.55. The van der Waals surface area contributed by atoms with Crippen LogP contribution in [0.25, 0.3) is 0 Å². The van der Waals surface area contributed by atoms with Crippen molar-refractivity contribution in [1.29, 1.82) is 0 Å². The topological polar surface area (TPSA) is 80.9 Å². The summed E-state index contributed by atoms with van der Waals surface area (Å²) in [5, 5.41) is 40.3. The number of rotatable bonds is 9. The smallest absolute Gasteiger partial charge is 0.393 e. The van der Waals surface area contributed by atoms with Gasteiger partial charge in [-0.2, -0.15) is 26.3 Å². The second kappa shape index (κ2) is 13.1. The Hall–Kier alpha value is -1.02. The largest absolute Gasteiger partial charge is 0.438 e. The van der Waals surface area contributed by atoms with Crippen LogP contribution in [0.4, 0.5) is 26.3 Å². The van der Waals surface area contributed by atoms with E-state index in [2.05, 4.69) is 12.8 Å². The summed E-state index contributed by atoms with van der Waals surface area (Å²) in [6.07, 6.45) is -3.93. The van der Waals surface area contributed by atoms with Gasteiger partial charge in [0.1, 0.15) is 0 Å². The van der Waals surface area contributed by atoms with Crippen LogP contribution in [-0.2, 0) is 0 Å². The molecule has 3 saturated carbocycles. The zero-order valence-corrected chi connectivity index (χ0v) is 25.4. The first-order valence-corrected chi connectivity index (χ1v) is 15.6. The average Bonchev–Trinajstić information content (AvgIpc) is 3.19. The van der Waals surface area contributed by atoms with Gasteiger partial charge in [0.05, 0.1) is 17.8 Å². The molecule has 4 N–H and O–H groups in total. The van der Waals surface area contributed by atoms with Crippen molar-refractivity contribution < 1.29 is 46.8 Å². The van der Waals surface area contributed by atoms with Gasteiger partial charge in [-0.15, -0.1) is 0 Å². The van der Waals surface area contributed by atoms with Crippen LogP contribution in [0.3, 0.4) is 0 Å². The zero-order chi connectivity index (χ0) is 31.7. The molecule has 3 aliphatic rings. The minimum Gasteiger partial charge on any atom is -0.393 e. The summed E-state index contributed by atoms with van der Waals surface area (Å²) in [6.45, 7) is 7.59. The maximum Gasteiger partial charge on any atom is 0.438 e. The summed E-state index contributed by atoms with van der Waals surface area (Å²) in [4.78, 5) is 0. The molecule has 0 radical (unpaired) electrons. The van der Waals surface area contributed by atoms with Crippen LogP contribution >= 0.6 is 0 Å². The summed E-state index contributed by atoms with van der Waals surface area (Å²) in [7, 11) is 0. The van der Waals surface area contributed by atoms with Crippen molar-refractivity contribution in [3.63, 3.8) is 0 Å². The molecular formula is C32H50F6O4. The maximum absolute atomic E-state index is 13.2. The van der Waals surface area contributed by atoms with Crippen molar-refractivity contribution in [3.05, 3.63) is 0 Å². The van der Waals surface area contributed by atoms with Crippen molar-refractivity contribution in [2.24, 2.45) is 40.9 Å². The highest BCUT2D eigenvalue weighted by Gasteiger charge is 2.70. The standard InChI is InChI=1S/C32H50F6O4/c1-20-23(18-24(39)19-27(20)40)12-11-22-9-6-16-29(4)25(13-14-26(22)29)21(8-5-15-28(2,3)41)10-7-17-30(42,31(33,34)35)32(36,37)38/h20-27,39-42H,5-6,8-16,18-19H2,1-4H3/t20-,21-,22-,23-,24-,25-,26+,27+,29-/m1/s1. The van der Waals surface area contributed by atoms with E-state index in [4.69, 9.17) is 0 Å². The zero-order valence-electron chi connectivity index (χ0n) is 25.4. The molecule has 0 amide bonds. The lowest BCUT2D eigenvalue weighted by Gasteiger charge is -2.48. The molecule has 3 fully saturated rings. The van der Waals surface area contributed by atoms with Gasteiger partial charge in [-0.1, -0.05) is 39.0 Å². The molecule has 10 heteroatoms. The third-order valence-corrected chi connectivity index (χ3v) is 11.1. The molecule has 4 nitrogen and oxygen atoms in total. The van der Waals surface area contributed by atoms with Crippen LogP contribution in [0.5, 0.6) is 0 Å². The monoisotopic (exact) mass is 612 g/mol. The van der Waals surface area contributed by atoms with E-state index in [0.717, 1.165) is 50.9 Å². The maximum atomic E-state index is 13.2. The van der Waals surface area contributed by atoms with Gasteiger partial charge in [0.15, 0.2) is 0 Å². The normalized spacial score (nSPS) is 35.3. The van der Waals surface area contributed by atoms with Gasteiger partial charge < -0.3 is 20.4 Å². The molecule has 0 aromatic heterocycles. The minimum atomic E-state index is -5.97. The predicted molar refractivity (Wildman–Crippen MR) is 148 cm³/mol. The van der Waals surface area contributed by atoms with Gasteiger partial charge in [-0.3, -0.25) is 0 Å². The fourth-order valence-corrected chi connectivity index (χ4v) is 8.64. The lowest BCUT2D eigenvalue weighted by atomic mass is 9.57. The second-order valence-electron chi connectivity index (χ2n) is 14.5. The Morgan fingerprint density at radius 3 is 2.12 bits per heavy atom. The van der Waals surface area contributed by atoms with E-state index in [9.17, 15) is 46.8 Å². The number of alkyl halides is 6. The van der Waals surface area contributed by atoms with Gasteiger partial charge in [-0.05, 0) is 118 Å². The lowest BCUT2D eigenvalue weighted by molar-refractivity contribution is -0.343. The second-order valence-corrected chi connectivity index (χ2v) is 14.5. The Labute approximate surface area is 246 Å². The third kappa shape index (κ3) is 7.97. The third-order valence-electron chi connectivity index (χ3n) is 11.1. The number of aliphatic hydroxyl groups excluding tert-OH is 2. The first-order valence-electron chi connectivity index (χ1n) is 15.6. The van der Waals surface area contributed by atoms with Gasteiger partial charge in [0, 0.05) is 6.42 Å². The molecule has 244 valence electrons. The van der Waals surface area contributed by atoms with Gasteiger partial charge in [-0.25, -0.2) is 0 Å². The van der Waals surface area contributed by atoms with Crippen LogP contribution < -0.4 is 0 Å². The molecule has 0 unspecified atom stereocenters. The fraction of sp³-hybridized carbons (Fsp3) is 0.938. The summed E-state index contributed by atoms with van der Waals surface area (Å²) < 4.78 is 79.4. The SMILES string of the molecule is C[C@@H]1[C@H](CC[C@H]2CCC[C@]3(C)[C@@H]([C@@H](CC#CC(O)(C(F)(F)F)C(F)(F)F)CCCC(C)(C)O)CC[C@@H]23)C[C@@H](O)C[C@@H]1O. The highest BCUT2D eigenvalue weighted by Crippen LogP contribution is 2.61. The summed E-state index contributed by atoms with van der Waals surface area (Å²) in [6, 6.07) is 0. The van der Waals surface area contributed by atoms with Crippen molar-refractivity contribution in [2.45, 2.75) is 147 Å². The summed E-state index contributed by atoms with van der Waals surface area (Å²) in [5.41, 5.74) is -6.16. The molecule has 0 aliphatic heterocycles. The average molecular weight is 613 g/mol. The first kappa shape index (κ1) is 35.5. The van der Waals surface area contributed by atoms with Crippen molar-refractivity contribution in [2.75, 3.05) is 0 Å². The Morgan fingerprint density at radius 1 is 0.905 bits per heavy atom. The molecule has 0 heterocycles. The Bertz CT molecular complexity index is 934. The van der Waals surface area contributed by atoms with E-state index < -0.39 is 35.8 Å². The van der Waals surface area contributed by atoms with Gasteiger partial charge >= 0.3 is 18.0 Å². The molecular weight excluding hydrogens is 562 g/mol. The number of fused-ring (bicyclic) bond motifs is 1. The van der Waals surface area contributed by atoms with Crippen molar-refractivity contribution in [3.8, 4) is 11.8 Å². The van der Waals surface area contributed by atoms with E-state index >= 15 is 0 Å². The van der Waals surface area contributed by atoms with Crippen LogP contribution in [-0.4, -0.2) is 56.2 Å². The van der Waals surface area contributed by atoms with Gasteiger partial charge in [0.25, 0.3) is 0 Å². The van der Waals surface area contributed by atoms with Crippen LogP contribution in [0.15, 0.2) is 0 Å².